The van der Waals surface area contributed by atoms with E-state index in [4.69, 9.17) is 4.74 Å². The number of nitrogens with zero attached hydrogens (tertiary/aromatic N) is 1. The molecule has 0 saturated carbocycles. The first kappa shape index (κ1) is 14.7. The van der Waals surface area contributed by atoms with E-state index in [0.717, 1.165) is 50.4 Å². The van der Waals surface area contributed by atoms with E-state index in [1.165, 1.54) is 12.8 Å². The predicted molar refractivity (Wildman–Crippen MR) is 81.3 cm³/mol. The maximum absolute atomic E-state index is 12.2. The van der Waals surface area contributed by atoms with Crippen molar-refractivity contribution in [3.05, 3.63) is 24.3 Å². The van der Waals surface area contributed by atoms with E-state index in [0.29, 0.717) is 0 Å². The highest BCUT2D eigenvalue weighted by Crippen LogP contribution is 2.17. The third-order valence-electron chi connectivity index (χ3n) is 3.47. The lowest BCUT2D eigenvalue weighted by molar-refractivity contribution is 0.214. The van der Waals surface area contributed by atoms with Crippen molar-refractivity contribution in [3.63, 3.8) is 0 Å². The van der Waals surface area contributed by atoms with Gasteiger partial charge in [-0.15, -0.1) is 0 Å². The first-order chi connectivity index (χ1) is 9.79. The van der Waals surface area contributed by atoms with Crippen LogP contribution in [-0.4, -0.2) is 30.6 Å². The van der Waals surface area contributed by atoms with Gasteiger partial charge in [-0.3, -0.25) is 0 Å². The summed E-state index contributed by atoms with van der Waals surface area (Å²) in [5, 5.41) is 2.95. The zero-order valence-electron chi connectivity index (χ0n) is 12.2. The number of hydrogen-bond acceptors (Lipinski definition) is 2. The van der Waals surface area contributed by atoms with Crippen molar-refractivity contribution >= 4 is 11.7 Å². The van der Waals surface area contributed by atoms with E-state index in [-0.39, 0.29) is 6.03 Å². The van der Waals surface area contributed by atoms with Crippen LogP contribution in [0.5, 0.6) is 5.75 Å². The Bertz CT molecular complexity index is 409. The molecule has 4 heteroatoms. The third kappa shape index (κ3) is 4.44. The summed E-state index contributed by atoms with van der Waals surface area (Å²) >= 11 is 0. The summed E-state index contributed by atoms with van der Waals surface area (Å²) < 4.78 is 5.52. The maximum Gasteiger partial charge on any atom is 0.321 e. The standard InChI is InChI=1S/C16H24N2O2/c1-2-13-20-15-9-7-14(8-10-15)17-16(19)18-11-5-3-4-6-12-18/h7-10H,2-6,11-13H2,1H3,(H,17,19). The van der Waals surface area contributed by atoms with Gasteiger partial charge in [-0.1, -0.05) is 19.8 Å². The number of nitrogens with one attached hydrogen (secondary N) is 1. The first-order valence-electron chi connectivity index (χ1n) is 7.58. The van der Waals surface area contributed by atoms with E-state index in [9.17, 15) is 4.79 Å². The van der Waals surface area contributed by atoms with Gasteiger partial charge in [0.1, 0.15) is 5.75 Å². The van der Waals surface area contributed by atoms with Crippen molar-refractivity contribution in [2.45, 2.75) is 39.0 Å². The molecule has 0 spiro atoms. The normalized spacial score (nSPS) is 15.6. The molecule has 110 valence electrons. The summed E-state index contributed by atoms with van der Waals surface area (Å²) in [4.78, 5) is 14.1. The van der Waals surface area contributed by atoms with Crippen LogP contribution in [0.4, 0.5) is 10.5 Å². The number of hydrogen-bond donors (Lipinski definition) is 1. The number of anilines is 1. The van der Waals surface area contributed by atoms with Gasteiger partial charge in [-0.25, -0.2) is 4.79 Å². The van der Waals surface area contributed by atoms with Gasteiger partial charge in [0.2, 0.25) is 0 Å². The number of ether oxygens (including phenoxy) is 1. The lowest BCUT2D eigenvalue weighted by Crippen LogP contribution is -2.35. The Morgan fingerprint density at radius 3 is 2.40 bits per heavy atom. The molecule has 1 heterocycles. The van der Waals surface area contributed by atoms with Crippen molar-refractivity contribution in [1.82, 2.24) is 4.90 Å². The molecule has 0 aromatic heterocycles. The van der Waals surface area contributed by atoms with E-state index in [1.807, 2.05) is 29.2 Å². The summed E-state index contributed by atoms with van der Waals surface area (Å²) in [5.41, 5.74) is 0.822. The van der Waals surface area contributed by atoms with Crippen LogP contribution in [0.15, 0.2) is 24.3 Å². The maximum atomic E-state index is 12.2. The molecule has 2 rings (SSSR count). The second-order valence-corrected chi connectivity index (χ2v) is 5.20. The molecule has 1 fully saturated rings. The number of amides is 2. The fraction of sp³-hybridized carbons (Fsp3) is 0.562. The Morgan fingerprint density at radius 2 is 1.80 bits per heavy atom. The molecule has 1 N–H and O–H groups in total. The summed E-state index contributed by atoms with van der Waals surface area (Å²) in [6.07, 6.45) is 5.67. The molecular weight excluding hydrogens is 252 g/mol. The average molecular weight is 276 g/mol. The minimum Gasteiger partial charge on any atom is -0.494 e. The number of carbonyl (C=O) groups excluding carboxylic acids is 1. The topological polar surface area (TPSA) is 41.6 Å². The SMILES string of the molecule is CCCOc1ccc(NC(=O)N2CCCCCC2)cc1. The Kier molecular flexibility index (Phi) is 5.71. The van der Waals surface area contributed by atoms with Crippen LogP contribution < -0.4 is 10.1 Å². The fourth-order valence-electron chi connectivity index (χ4n) is 2.33. The second kappa shape index (κ2) is 7.78. The highest BCUT2D eigenvalue weighted by atomic mass is 16.5. The molecular formula is C16H24N2O2. The highest BCUT2D eigenvalue weighted by Gasteiger charge is 2.15. The average Bonchev–Trinajstić information content (AvgIpc) is 2.75. The Hall–Kier alpha value is -1.71. The monoisotopic (exact) mass is 276 g/mol. The van der Waals surface area contributed by atoms with E-state index < -0.39 is 0 Å². The van der Waals surface area contributed by atoms with Crippen LogP contribution in [0.1, 0.15) is 39.0 Å². The molecule has 1 aromatic rings. The summed E-state index contributed by atoms with van der Waals surface area (Å²) in [6.45, 7) is 4.53. The second-order valence-electron chi connectivity index (χ2n) is 5.20. The molecule has 20 heavy (non-hydrogen) atoms. The van der Waals surface area contributed by atoms with Crippen LogP contribution >= 0.6 is 0 Å². The Balaban J connectivity index is 1.86. The van der Waals surface area contributed by atoms with Gasteiger partial charge in [-0.2, -0.15) is 0 Å². The van der Waals surface area contributed by atoms with Gasteiger partial charge in [0, 0.05) is 18.8 Å². The van der Waals surface area contributed by atoms with Crippen molar-refractivity contribution in [3.8, 4) is 5.75 Å². The minimum atomic E-state index is 0.00845. The van der Waals surface area contributed by atoms with Gasteiger partial charge in [-0.05, 0) is 43.5 Å². The van der Waals surface area contributed by atoms with Crippen molar-refractivity contribution in [1.29, 1.82) is 0 Å². The lowest BCUT2D eigenvalue weighted by atomic mass is 10.2. The number of urea groups is 1. The molecule has 0 bridgehead atoms. The van der Waals surface area contributed by atoms with Crippen molar-refractivity contribution < 1.29 is 9.53 Å². The molecule has 0 atom stereocenters. The fourth-order valence-corrected chi connectivity index (χ4v) is 2.33. The molecule has 4 nitrogen and oxygen atoms in total. The molecule has 1 aliphatic heterocycles. The van der Waals surface area contributed by atoms with Crippen LogP contribution in [0.2, 0.25) is 0 Å². The lowest BCUT2D eigenvalue weighted by Gasteiger charge is -2.20. The van der Waals surface area contributed by atoms with E-state index in [1.54, 1.807) is 0 Å². The van der Waals surface area contributed by atoms with Crippen molar-refractivity contribution in [2.24, 2.45) is 0 Å². The summed E-state index contributed by atoms with van der Waals surface area (Å²) in [7, 11) is 0. The van der Waals surface area contributed by atoms with Crippen molar-refractivity contribution in [2.75, 3.05) is 25.0 Å². The molecule has 0 aliphatic carbocycles. The predicted octanol–water partition coefficient (Wildman–Crippen LogP) is 3.88. The smallest absolute Gasteiger partial charge is 0.321 e. The van der Waals surface area contributed by atoms with Gasteiger partial charge >= 0.3 is 6.03 Å². The number of rotatable bonds is 4. The molecule has 0 unspecified atom stereocenters. The molecule has 2 amide bonds. The first-order valence-corrected chi connectivity index (χ1v) is 7.58. The van der Waals surface area contributed by atoms with Crippen LogP contribution in [-0.2, 0) is 0 Å². The van der Waals surface area contributed by atoms with Crippen LogP contribution in [0.3, 0.4) is 0 Å². The number of carbonyl (C=O) groups is 1. The van der Waals surface area contributed by atoms with Crippen LogP contribution in [0.25, 0.3) is 0 Å². The van der Waals surface area contributed by atoms with Gasteiger partial charge in [0.25, 0.3) is 0 Å². The summed E-state index contributed by atoms with van der Waals surface area (Å²) in [5.74, 6) is 0.847. The minimum absolute atomic E-state index is 0.00845. The largest absolute Gasteiger partial charge is 0.494 e. The Labute approximate surface area is 121 Å². The molecule has 1 aromatic carbocycles. The van der Waals surface area contributed by atoms with E-state index in [2.05, 4.69) is 12.2 Å². The molecule has 1 aliphatic rings. The molecule has 0 radical (unpaired) electrons. The molecule has 1 saturated heterocycles. The zero-order chi connectivity index (χ0) is 14.2. The van der Waals surface area contributed by atoms with Gasteiger partial charge < -0.3 is 15.0 Å². The number of benzene rings is 1. The van der Waals surface area contributed by atoms with E-state index >= 15 is 0 Å². The summed E-state index contributed by atoms with van der Waals surface area (Å²) in [6, 6.07) is 7.58. The van der Waals surface area contributed by atoms with Crippen LogP contribution in [0, 0.1) is 0 Å². The zero-order valence-corrected chi connectivity index (χ0v) is 12.2. The quantitative estimate of drug-likeness (QED) is 0.906. The number of likely N-dealkylation sites (tertiary alicyclic amines) is 1. The van der Waals surface area contributed by atoms with Gasteiger partial charge in [0.15, 0.2) is 0 Å². The Morgan fingerprint density at radius 1 is 1.15 bits per heavy atom. The van der Waals surface area contributed by atoms with Gasteiger partial charge in [0.05, 0.1) is 6.61 Å². The highest BCUT2D eigenvalue weighted by molar-refractivity contribution is 5.89. The third-order valence-corrected chi connectivity index (χ3v) is 3.47.